The second-order valence-electron chi connectivity index (χ2n) is 6.74. The van der Waals surface area contributed by atoms with E-state index in [9.17, 15) is 9.59 Å². The van der Waals surface area contributed by atoms with Crippen LogP contribution in [0.1, 0.15) is 51.4 Å². The van der Waals surface area contributed by atoms with E-state index in [2.05, 4.69) is 6.26 Å². The SMILES string of the molecule is CSC1(CN2CC(=O)N3CCCCC3C2=O)CCCCC1. The number of piperidine rings is 1. The summed E-state index contributed by atoms with van der Waals surface area (Å²) in [4.78, 5) is 28.8. The molecule has 0 bridgehead atoms. The summed E-state index contributed by atoms with van der Waals surface area (Å²) in [5, 5.41) is 0. The largest absolute Gasteiger partial charge is 0.330 e. The van der Waals surface area contributed by atoms with Gasteiger partial charge >= 0.3 is 0 Å². The summed E-state index contributed by atoms with van der Waals surface area (Å²) >= 11 is 1.90. The molecule has 2 saturated heterocycles. The Kier molecular flexibility index (Phi) is 4.48. The van der Waals surface area contributed by atoms with E-state index in [4.69, 9.17) is 0 Å². The fourth-order valence-electron chi connectivity index (χ4n) is 4.13. The van der Waals surface area contributed by atoms with Crippen LogP contribution >= 0.6 is 11.8 Å². The third-order valence-electron chi connectivity index (χ3n) is 5.42. The molecule has 3 fully saturated rings. The summed E-state index contributed by atoms with van der Waals surface area (Å²) in [6.45, 7) is 1.84. The monoisotopic (exact) mass is 310 g/mol. The number of carbonyl (C=O) groups is 2. The molecule has 3 aliphatic rings. The quantitative estimate of drug-likeness (QED) is 0.803. The van der Waals surface area contributed by atoms with Crippen molar-refractivity contribution in [3.05, 3.63) is 0 Å². The predicted molar refractivity (Wildman–Crippen MR) is 85.3 cm³/mol. The first-order valence-corrected chi connectivity index (χ1v) is 9.51. The second-order valence-corrected chi connectivity index (χ2v) is 8.02. The van der Waals surface area contributed by atoms with E-state index < -0.39 is 0 Å². The highest BCUT2D eigenvalue weighted by molar-refractivity contribution is 8.00. The van der Waals surface area contributed by atoms with Crippen molar-refractivity contribution in [2.45, 2.75) is 62.2 Å². The van der Waals surface area contributed by atoms with Crippen LogP contribution in [0.2, 0.25) is 0 Å². The molecule has 21 heavy (non-hydrogen) atoms. The summed E-state index contributed by atoms with van der Waals surface area (Å²) in [6, 6.07) is -0.164. The Bertz CT molecular complexity index is 421. The van der Waals surface area contributed by atoms with E-state index in [1.807, 2.05) is 21.6 Å². The maximum atomic E-state index is 12.8. The molecule has 1 saturated carbocycles. The second kappa shape index (κ2) is 6.19. The van der Waals surface area contributed by atoms with Crippen molar-refractivity contribution in [1.82, 2.24) is 9.80 Å². The Hall–Kier alpha value is -0.710. The van der Waals surface area contributed by atoms with Crippen LogP contribution in [0.3, 0.4) is 0 Å². The molecular weight excluding hydrogens is 284 g/mol. The van der Waals surface area contributed by atoms with Crippen LogP contribution in [0.25, 0.3) is 0 Å². The third-order valence-corrected chi connectivity index (χ3v) is 6.83. The summed E-state index contributed by atoms with van der Waals surface area (Å²) in [6.07, 6.45) is 11.3. The fourth-order valence-corrected chi connectivity index (χ4v) is 5.12. The topological polar surface area (TPSA) is 40.6 Å². The van der Waals surface area contributed by atoms with Crippen molar-refractivity contribution in [2.24, 2.45) is 0 Å². The number of hydrogen-bond acceptors (Lipinski definition) is 3. The highest BCUT2D eigenvalue weighted by Crippen LogP contribution is 2.40. The lowest BCUT2D eigenvalue weighted by molar-refractivity contribution is -0.158. The van der Waals surface area contributed by atoms with Crippen LogP contribution in [0.5, 0.6) is 0 Å². The van der Waals surface area contributed by atoms with E-state index in [-0.39, 0.29) is 22.6 Å². The molecule has 0 aromatic heterocycles. The van der Waals surface area contributed by atoms with E-state index in [0.717, 1.165) is 32.4 Å². The molecule has 0 aromatic carbocycles. The Labute approximate surface area is 131 Å². The first-order valence-electron chi connectivity index (χ1n) is 8.29. The number of hydrogen-bond donors (Lipinski definition) is 0. The number of carbonyl (C=O) groups excluding carboxylic acids is 2. The zero-order valence-electron chi connectivity index (χ0n) is 13.0. The van der Waals surface area contributed by atoms with Crippen LogP contribution < -0.4 is 0 Å². The van der Waals surface area contributed by atoms with E-state index in [1.165, 1.54) is 32.1 Å². The van der Waals surface area contributed by atoms with Gasteiger partial charge in [0.05, 0.1) is 6.54 Å². The zero-order valence-corrected chi connectivity index (χ0v) is 13.8. The van der Waals surface area contributed by atoms with E-state index in [1.54, 1.807) is 0 Å². The maximum Gasteiger partial charge on any atom is 0.245 e. The maximum absolute atomic E-state index is 12.8. The van der Waals surface area contributed by atoms with Gasteiger partial charge < -0.3 is 9.80 Å². The van der Waals surface area contributed by atoms with Crippen molar-refractivity contribution >= 4 is 23.6 Å². The van der Waals surface area contributed by atoms with Crippen LogP contribution in [-0.4, -0.2) is 58.3 Å². The minimum atomic E-state index is -0.164. The van der Waals surface area contributed by atoms with Crippen LogP contribution in [-0.2, 0) is 9.59 Å². The molecule has 2 aliphatic heterocycles. The Morgan fingerprint density at radius 3 is 2.62 bits per heavy atom. The van der Waals surface area contributed by atoms with Crippen molar-refractivity contribution in [2.75, 3.05) is 25.9 Å². The van der Waals surface area contributed by atoms with Crippen molar-refractivity contribution in [3.63, 3.8) is 0 Å². The standard InChI is InChI=1S/C16H26N2O2S/c1-21-16(8-4-2-5-9-16)12-17-11-14(19)18-10-6-3-7-13(18)15(17)20/h13H,2-12H2,1H3. The Balaban J connectivity index is 1.72. The number of rotatable bonds is 3. The van der Waals surface area contributed by atoms with Crippen LogP contribution in [0, 0.1) is 0 Å². The van der Waals surface area contributed by atoms with Gasteiger partial charge in [0.25, 0.3) is 0 Å². The number of thioether (sulfide) groups is 1. The smallest absolute Gasteiger partial charge is 0.245 e. The lowest BCUT2D eigenvalue weighted by Gasteiger charge is -2.46. The number of nitrogens with zero attached hydrogens (tertiary/aromatic N) is 2. The molecule has 0 radical (unpaired) electrons. The van der Waals surface area contributed by atoms with Gasteiger partial charge in [-0.25, -0.2) is 0 Å². The first kappa shape index (κ1) is 15.2. The minimum Gasteiger partial charge on any atom is -0.330 e. The normalized spacial score (nSPS) is 29.5. The van der Waals surface area contributed by atoms with Gasteiger partial charge in [-0.1, -0.05) is 19.3 Å². The molecule has 0 spiro atoms. The minimum absolute atomic E-state index is 0.159. The summed E-state index contributed by atoms with van der Waals surface area (Å²) in [5.74, 6) is 0.361. The first-order chi connectivity index (χ1) is 10.2. The summed E-state index contributed by atoms with van der Waals surface area (Å²) in [5.41, 5.74) is 0. The highest BCUT2D eigenvalue weighted by atomic mass is 32.2. The van der Waals surface area contributed by atoms with Gasteiger partial charge in [-0.2, -0.15) is 11.8 Å². The molecule has 118 valence electrons. The van der Waals surface area contributed by atoms with E-state index in [0.29, 0.717) is 6.54 Å². The fraction of sp³-hybridized carbons (Fsp3) is 0.875. The van der Waals surface area contributed by atoms with Gasteiger partial charge in [0.2, 0.25) is 11.8 Å². The Morgan fingerprint density at radius 1 is 1.14 bits per heavy atom. The average Bonchev–Trinajstić information content (AvgIpc) is 2.53. The lowest BCUT2D eigenvalue weighted by atomic mass is 9.87. The van der Waals surface area contributed by atoms with Gasteiger partial charge in [-0.3, -0.25) is 9.59 Å². The molecule has 3 rings (SSSR count). The predicted octanol–water partition coefficient (Wildman–Crippen LogP) is 2.28. The number of amides is 2. The molecule has 0 aromatic rings. The molecule has 2 amide bonds. The molecule has 5 heteroatoms. The number of fused-ring (bicyclic) bond motifs is 1. The van der Waals surface area contributed by atoms with Crippen LogP contribution in [0.15, 0.2) is 0 Å². The molecule has 1 atom stereocenters. The summed E-state index contributed by atoms with van der Waals surface area (Å²) < 4.78 is 0.186. The molecule has 1 unspecified atom stereocenters. The molecule has 1 aliphatic carbocycles. The average molecular weight is 310 g/mol. The van der Waals surface area contributed by atoms with Gasteiger partial charge in [-0.15, -0.1) is 0 Å². The lowest BCUT2D eigenvalue weighted by Crippen LogP contribution is -2.63. The molecule has 0 N–H and O–H groups in total. The highest BCUT2D eigenvalue weighted by Gasteiger charge is 2.43. The van der Waals surface area contributed by atoms with Crippen LogP contribution in [0.4, 0.5) is 0 Å². The third kappa shape index (κ3) is 2.94. The van der Waals surface area contributed by atoms with Gasteiger partial charge in [0.15, 0.2) is 0 Å². The van der Waals surface area contributed by atoms with Crippen molar-refractivity contribution in [3.8, 4) is 0 Å². The Morgan fingerprint density at radius 2 is 1.90 bits per heavy atom. The van der Waals surface area contributed by atoms with Gasteiger partial charge in [-0.05, 0) is 38.4 Å². The van der Waals surface area contributed by atoms with Crippen molar-refractivity contribution < 1.29 is 9.59 Å². The molecule has 4 nitrogen and oxygen atoms in total. The molecular formula is C16H26N2O2S. The number of piperazine rings is 1. The zero-order chi connectivity index (χ0) is 14.9. The van der Waals surface area contributed by atoms with Gasteiger partial charge in [0.1, 0.15) is 6.04 Å². The van der Waals surface area contributed by atoms with Crippen molar-refractivity contribution in [1.29, 1.82) is 0 Å². The van der Waals surface area contributed by atoms with Gasteiger partial charge in [0, 0.05) is 17.8 Å². The molecule has 2 heterocycles. The van der Waals surface area contributed by atoms with E-state index >= 15 is 0 Å². The summed E-state index contributed by atoms with van der Waals surface area (Å²) in [7, 11) is 0.